The van der Waals surface area contributed by atoms with Crippen LogP contribution in [-0.4, -0.2) is 16.8 Å². The van der Waals surface area contributed by atoms with Crippen LogP contribution < -0.4 is 51.4 Å². The van der Waals surface area contributed by atoms with Crippen LogP contribution in [0.15, 0.2) is 18.2 Å². The largest absolute Gasteiger partial charge is 1.00 e. The van der Waals surface area contributed by atoms with Gasteiger partial charge in [0.25, 0.3) is 0 Å². The van der Waals surface area contributed by atoms with Crippen LogP contribution in [0.2, 0.25) is 5.02 Å². The Bertz CT molecular complexity index is 364. The molecule has 0 atom stereocenters. The van der Waals surface area contributed by atoms with E-state index in [1.54, 1.807) is 6.92 Å². The van der Waals surface area contributed by atoms with E-state index in [0.29, 0.717) is 10.7 Å². The molecule has 0 N–H and O–H groups in total. The Morgan fingerprint density at radius 3 is 2.47 bits per heavy atom. The Morgan fingerprint density at radius 2 is 2.13 bits per heavy atom. The molecule has 0 amide bonds. The number of nitrogens with zero attached hydrogens (tertiary/aromatic N) is 2. The second-order valence-corrected chi connectivity index (χ2v) is 3.38. The molecule has 15 heavy (non-hydrogen) atoms. The van der Waals surface area contributed by atoms with Gasteiger partial charge in [0.2, 0.25) is 0 Å². The molecule has 0 saturated carbocycles. The molecule has 0 bridgehead atoms. The van der Waals surface area contributed by atoms with Gasteiger partial charge >= 0.3 is 58.4 Å². The number of aromatic nitrogens is 2. The molecule has 78 valence electrons. The first-order chi connectivity index (χ1) is 6.32. The molecule has 1 aromatic heterocycles. The van der Waals surface area contributed by atoms with Gasteiger partial charge in [-0.2, -0.15) is 5.10 Å². The summed E-state index contributed by atoms with van der Waals surface area (Å²) in [4.78, 5) is 0. The van der Waals surface area contributed by atoms with E-state index in [0.717, 1.165) is 0 Å². The summed E-state index contributed by atoms with van der Waals surface area (Å²) in [6.45, 7) is -0.787. The van der Waals surface area contributed by atoms with E-state index < -0.39 is 12.4 Å². The first-order valence-corrected chi connectivity index (χ1v) is 4.25. The summed E-state index contributed by atoms with van der Waals surface area (Å²) >= 11 is 5.64. The van der Waals surface area contributed by atoms with Gasteiger partial charge in [0, 0.05) is 6.54 Å². The summed E-state index contributed by atoms with van der Waals surface area (Å²) in [5, 5.41) is 4.06. The molecule has 0 radical (unpaired) electrons. The topological polar surface area (TPSA) is 17.8 Å². The second kappa shape index (κ2) is 5.88. The Labute approximate surface area is 133 Å². The molecule has 0 aliphatic carbocycles. The van der Waals surface area contributed by atoms with Crippen LogP contribution in [0.5, 0.6) is 0 Å². The van der Waals surface area contributed by atoms with E-state index in [9.17, 15) is 12.9 Å². The van der Waals surface area contributed by atoms with Crippen molar-refractivity contribution in [3.8, 4) is 0 Å². The molecule has 0 aliphatic rings. The molecule has 2 nitrogen and oxygen atoms in total. The van der Waals surface area contributed by atoms with Gasteiger partial charge in [0.1, 0.15) is 0 Å². The van der Waals surface area contributed by atoms with E-state index in [-0.39, 0.29) is 57.9 Å². The Morgan fingerprint density at radius 1 is 1.60 bits per heavy atom. The summed E-state index contributed by atoms with van der Waals surface area (Å²) in [6.07, 6.45) is 1.31. The van der Waals surface area contributed by atoms with E-state index >= 15 is 0 Å². The van der Waals surface area contributed by atoms with Crippen molar-refractivity contribution in [1.29, 1.82) is 0 Å². The fourth-order valence-corrected chi connectivity index (χ4v) is 1.02. The predicted molar refractivity (Wildman–Crippen MR) is 50.2 cm³/mol. The molecule has 1 aromatic rings. The average Bonchev–Trinajstić information content (AvgIpc) is 2.34. The SMILES string of the molecule is C=C(Cn1ncc(Cl)c1C)[B-](F)(F)F.[K+]. The maximum atomic E-state index is 12.2. The monoisotopic (exact) mass is 262 g/mol. The van der Waals surface area contributed by atoms with Gasteiger partial charge in [-0.05, 0) is 6.92 Å². The number of rotatable bonds is 3. The Balaban J connectivity index is 0.00000196. The predicted octanol–water partition coefficient (Wildman–Crippen LogP) is -0.208. The Hall–Kier alpha value is 0.731. The van der Waals surface area contributed by atoms with Crippen LogP contribution in [0.4, 0.5) is 12.9 Å². The molecule has 0 unspecified atom stereocenters. The van der Waals surface area contributed by atoms with E-state index in [1.165, 1.54) is 10.9 Å². The van der Waals surface area contributed by atoms with Crippen LogP contribution >= 0.6 is 11.6 Å². The normalized spacial score (nSPS) is 11.0. The van der Waals surface area contributed by atoms with Crippen molar-refractivity contribution >= 4 is 18.6 Å². The van der Waals surface area contributed by atoms with Crippen LogP contribution in [0.1, 0.15) is 5.69 Å². The van der Waals surface area contributed by atoms with Gasteiger partial charge in [-0.15, -0.1) is 12.1 Å². The molecule has 0 spiro atoms. The van der Waals surface area contributed by atoms with Gasteiger partial charge in [-0.25, -0.2) is 0 Å². The van der Waals surface area contributed by atoms with E-state index in [1.807, 2.05) is 0 Å². The smallest absolute Gasteiger partial charge is 0.445 e. The minimum Gasteiger partial charge on any atom is -0.445 e. The quantitative estimate of drug-likeness (QED) is 0.690. The summed E-state index contributed by atoms with van der Waals surface area (Å²) in [7, 11) is 0. The standard InChI is InChI=1S/C7H8BClF3N2.K/c1-5(8(10,11)12)4-14-6(2)7(9)3-13-14;/h3H,1,4H2,2H3;/q-1;+1. The van der Waals surface area contributed by atoms with Crippen LogP contribution in [0.3, 0.4) is 0 Å². The molecular weight excluding hydrogens is 254 g/mol. The molecule has 1 heterocycles. The summed E-state index contributed by atoms with van der Waals surface area (Å²) in [5.41, 5.74) is -0.277. The van der Waals surface area contributed by atoms with Crippen molar-refractivity contribution in [2.75, 3.05) is 0 Å². The van der Waals surface area contributed by atoms with Crippen molar-refractivity contribution in [3.05, 3.63) is 29.0 Å². The van der Waals surface area contributed by atoms with Gasteiger partial charge in [0.05, 0.1) is 16.9 Å². The summed E-state index contributed by atoms with van der Waals surface area (Å²) in [6, 6.07) is 0. The molecule has 0 saturated heterocycles. The van der Waals surface area contributed by atoms with Crippen molar-refractivity contribution in [1.82, 2.24) is 9.78 Å². The summed E-state index contributed by atoms with van der Waals surface area (Å²) < 4.78 is 37.7. The van der Waals surface area contributed by atoms with Crippen molar-refractivity contribution in [3.63, 3.8) is 0 Å². The van der Waals surface area contributed by atoms with Gasteiger partial charge < -0.3 is 12.9 Å². The minimum atomic E-state index is -5.00. The Kier molecular flexibility index (Phi) is 6.17. The number of allylic oxidation sites excluding steroid dienone is 1. The van der Waals surface area contributed by atoms with Gasteiger partial charge in [-0.3, -0.25) is 4.68 Å². The fraction of sp³-hybridized carbons (Fsp3) is 0.286. The number of halogens is 4. The van der Waals surface area contributed by atoms with E-state index in [2.05, 4.69) is 11.7 Å². The maximum absolute atomic E-state index is 12.2. The fourth-order valence-electron chi connectivity index (χ4n) is 0.879. The van der Waals surface area contributed by atoms with E-state index in [4.69, 9.17) is 11.6 Å². The zero-order valence-electron chi connectivity index (χ0n) is 8.48. The van der Waals surface area contributed by atoms with Crippen molar-refractivity contribution < 1.29 is 64.3 Å². The second-order valence-electron chi connectivity index (χ2n) is 2.97. The molecule has 0 aromatic carbocycles. The number of hydrogen-bond acceptors (Lipinski definition) is 1. The number of hydrogen-bond donors (Lipinski definition) is 0. The van der Waals surface area contributed by atoms with Crippen molar-refractivity contribution in [2.24, 2.45) is 0 Å². The van der Waals surface area contributed by atoms with Crippen LogP contribution in [0, 0.1) is 6.92 Å². The zero-order valence-corrected chi connectivity index (χ0v) is 12.4. The molecular formula is C7H8BClF3KN2. The van der Waals surface area contributed by atoms with Crippen LogP contribution in [0.25, 0.3) is 0 Å². The third-order valence-corrected chi connectivity index (χ3v) is 2.23. The molecule has 1 rings (SSSR count). The molecule has 0 aliphatic heterocycles. The maximum Gasteiger partial charge on any atom is 1.00 e. The van der Waals surface area contributed by atoms with Gasteiger partial charge in [0.15, 0.2) is 0 Å². The zero-order chi connectivity index (χ0) is 10.9. The average molecular weight is 263 g/mol. The third-order valence-electron chi connectivity index (χ3n) is 1.86. The molecule has 8 heteroatoms. The van der Waals surface area contributed by atoms with Crippen molar-refractivity contribution in [2.45, 2.75) is 13.5 Å². The minimum absolute atomic E-state index is 0. The first kappa shape index (κ1) is 15.7. The summed E-state index contributed by atoms with van der Waals surface area (Å²) in [5.74, 6) is 0. The van der Waals surface area contributed by atoms with Gasteiger partial charge in [-0.1, -0.05) is 11.6 Å². The van der Waals surface area contributed by atoms with Crippen LogP contribution in [-0.2, 0) is 6.54 Å². The molecule has 0 fully saturated rings. The third kappa shape index (κ3) is 4.24. The first-order valence-electron chi connectivity index (χ1n) is 3.88.